The van der Waals surface area contributed by atoms with Gasteiger partial charge in [-0.1, -0.05) is 30.3 Å². The van der Waals surface area contributed by atoms with Gasteiger partial charge < -0.3 is 10.6 Å². The number of piperidine rings is 1. The number of nitrogens with zero attached hydrogens (tertiary/aromatic N) is 2. The Kier molecular flexibility index (Phi) is 4.70. The Balaban J connectivity index is 1.42. The zero-order chi connectivity index (χ0) is 22.4. The maximum atomic E-state index is 12.9. The summed E-state index contributed by atoms with van der Waals surface area (Å²) in [5.41, 5.74) is 9.70. The number of nitrogens with one attached hydrogen (secondary N) is 1. The molecule has 2 aliphatic heterocycles. The van der Waals surface area contributed by atoms with Crippen LogP contribution in [0.4, 0.5) is 0 Å². The molecule has 0 spiro atoms. The first kappa shape index (κ1) is 19.9. The normalized spacial score (nSPS) is 18.1. The predicted octanol–water partition coefficient (Wildman–Crippen LogP) is 1.69. The minimum atomic E-state index is -0.642. The van der Waals surface area contributed by atoms with Crippen molar-refractivity contribution in [2.75, 3.05) is 0 Å². The number of carbonyl (C=O) groups excluding carboxylic acids is 4. The fourth-order valence-corrected chi connectivity index (χ4v) is 4.47. The molecule has 5 rings (SSSR count). The summed E-state index contributed by atoms with van der Waals surface area (Å²) in [7, 11) is 0. The number of rotatable bonds is 4. The Labute approximate surface area is 183 Å². The highest BCUT2D eigenvalue weighted by molar-refractivity contribution is 6.06. The second-order valence-corrected chi connectivity index (χ2v) is 8.11. The van der Waals surface area contributed by atoms with Crippen molar-refractivity contribution in [1.82, 2.24) is 15.2 Å². The molecule has 160 valence electrons. The maximum absolute atomic E-state index is 12.9. The molecule has 1 saturated heterocycles. The fraction of sp³-hybridized carbons (Fsp3) is 0.208. The van der Waals surface area contributed by atoms with Gasteiger partial charge >= 0.3 is 0 Å². The van der Waals surface area contributed by atoms with E-state index in [4.69, 9.17) is 5.73 Å². The molecule has 3 N–H and O–H groups in total. The van der Waals surface area contributed by atoms with Crippen LogP contribution in [0.2, 0.25) is 0 Å². The Morgan fingerprint density at radius 2 is 1.94 bits per heavy atom. The first-order valence-corrected chi connectivity index (χ1v) is 10.4. The van der Waals surface area contributed by atoms with E-state index in [0.29, 0.717) is 47.1 Å². The molecule has 0 aliphatic carbocycles. The molecule has 3 heterocycles. The molecular formula is C24H20N4O4. The topological polar surface area (TPSA) is 122 Å². The standard InChI is InChI=1S/C24H20N4O4/c25-22(30)18-11-15(26-19-4-2-1-3-17(18)19)10-13-5-6-16-14(9-13)12-28(24(16)32)20-7-8-21(29)27-23(20)31/h1-6,9,11,20H,7-8,10,12H2,(H2,25,30)(H,27,29,31). The van der Waals surface area contributed by atoms with E-state index in [1.807, 2.05) is 36.4 Å². The number of hydrogen-bond acceptors (Lipinski definition) is 5. The number of carbonyl (C=O) groups is 4. The lowest BCUT2D eigenvalue weighted by molar-refractivity contribution is -0.136. The third kappa shape index (κ3) is 3.39. The second-order valence-electron chi connectivity index (χ2n) is 8.11. The smallest absolute Gasteiger partial charge is 0.255 e. The highest BCUT2D eigenvalue weighted by Gasteiger charge is 2.39. The zero-order valence-corrected chi connectivity index (χ0v) is 17.1. The van der Waals surface area contributed by atoms with Crippen LogP contribution in [0.1, 0.15) is 50.4 Å². The average Bonchev–Trinajstić information content (AvgIpc) is 3.08. The van der Waals surface area contributed by atoms with E-state index in [0.717, 1.165) is 11.1 Å². The van der Waals surface area contributed by atoms with Gasteiger partial charge in [0.1, 0.15) is 6.04 Å². The van der Waals surface area contributed by atoms with Crippen LogP contribution in [-0.4, -0.2) is 39.6 Å². The molecule has 1 atom stereocenters. The van der Waals surface area contributed by atoms with Crippen LogP contribution in [0.15, 0.2) is 48.5 Å². The van der Waals surface area contributed by atoms with Crippen molar-refractivity contribution < 1.29 is 19.2 Å². The highest BCUT2D eigenvalue weighted by Crippen LogP contribution is 2.29. The van der Waals surface area contributed by atoms with Gasteiger partial charge in [0, 0.05) is 36.0 Å². The first-order valence-electron chi connectivity index (χ1n) is 10.4. The van der Waals surface area contributed by atoms with Crippen molar-refractivity contribution in [3.63, 3.8) is 0 Å². The number of para-hydroxylation sites is 1. The molecule has 1 fully saturated rings. The third-order valence-corrected chi connectivity index (χ3v) is 6.01. The zero-order valence-electron chi connectivity index (χ0n) is 17.1. The van der Waals surface area contributed by atoms with Crippen LogP contribution in [0.3, 0.4) is 0 Å². The molecule has 4 amide bonds. The molecule has 2 aromatic carbocycles. The number of primary amides is 1. The van der Waals surface area contributed by atoms with Gasteiger partial charge in [-0.25, -0.2) is 0 Å². The van der Waals surface area contributed by atoms with Crippen molar-refractivity contribution in [1.29, 1.82) is 0 Å². The van der Waals surface area contributed by atoms with Crippen molar-refractivity contribution in [3.8, 4) is 0 Å². The van der Waals surface area contributed by atoms with Crippen LogP contribution in [-0.2, 0) is 22.6 Å². The van der Waals surface area contributed by atoms with Gasteiger partial charge in [-0.3, -0.25) is 29.5 Å². The van der Waals surface area contributed by atoms with Gasteiger partial charge in [0.15, 0.2) is 0 Å². The van der Waals surface area contributed by atoms with Gasteiger partial charge in [0.05, 0.1) is 11.1 Å². The van der Waals surface area contributed by atoms with E-state index >= 15 is 0 Å². The first-order chi connectivity index (χ1) is 15.4. The van der Waals surface area contributed by atoms with Crippen molar-refractivity contribution >= 4 is 34.5 Å². The second kappa shape index (κ2) is 7.56. The maximum Gasteiger partial charge on any atom is 0.255 e. The van der Waals surface area contributed by atoms with Crippen LogP contribution in [0.25, 0.3) is 10.9 Å². The van der Waals surface area contributed by atoms with Crippen LogP contribution < -0.4 is 11.1 Å². The Morgan fingerprint density at radius 3 is 2.72 bits per heavy atom. The molecule has 2 aliphatic rings. The van der Waals surface area contributed by atoms with E-state index in [1.165, 1.54) is 4.90 Å². The van der Waals surface area contributed by atoms with E-state index in [1.54, 1.807) is 12.1 Å². The molecule has 1 aromatic heterocycles. The van der Waals surface area contributed by atoms with E-state index in [2.05, 4.69) is 10.3 Å². The Bertz CT molecular complexity index is 1320. The monoisotopic (exact) mass is 428 g/mol. The largest absolute Gasteiger partial charge is 0.366 e. The highest BCUT2D eigenvalue weighted by atomic mass is 16.2. The Hall–Kier alpha value is -4.07. The lowest BCUT2D eigenvalue weighted by Gasteiger charge is -2.29. The molecular weight excluding hydrogens is 408 g/mol. The number of nitrogens with two attached hydrogens (primary N) is 1. The van der Waals surface area contributed by atoms with E-state index < -0.39 is 17.9 Å². The minimum Gasteiger partial charge on any atom is -0.366 e. The number of fused-ring (bicyclic) bond motifs is 2. The number of imide groups is 1. The molecule has 1 unspecified atom stereocenters. The minimum absolute atomic E-state index is 0.208. The molecule has 8 heteroatoms. The molecule has 3 aromatic rings. The SMILES string of the molecule is NC(=O)c1cc(Cc2ccc3c(c2)CN(C2CCC(=O)NC2=O)C3=O)nc2ccccc12. The van der Waals surface area contributed by atoms with Crippen LogP contribution in [0.5, 0.6) is 0 Å². The lowest BCUT2D eigenvalue weighted by atomic mass is 10.0. The summed E-state index contributed by atoms with van der Waals surface area (Å²) < 4.78 is 0. The van der Waals surface area contributed by atoms with Gasteiger partial charge in [-0.05, 0) is 35.7 Å². The summed E-state index contributed by atoms with van der Waals surface area (Å²) in [6, 6.07) is 14.0. The van der Waals surface area contributed by atoms with Gasteiger partial charge in [-0.2, -0.15) is 0 Å². The van der Waals surface area contributed by atoms with Crippen LogP contribution in [0, 0.1) is 0 Å². The summed E-state index contributed by atoms with van der Waals surface area (Å²) in [6.45, 7) is 0.311. The predicted molar refractivity (Wildman–Crippen MR) is 116 cm³/mol. The number of benzene rings is 2. The number of pyridine rings is 1. The summed E-state index contributed by atoms with van der Waals surface area (Å²) in [6.07, 6.45) is 1.01. The molecule has 8 nitrogen and oxygen atoms in total. The van der Waals surface area contributed by atoms with Gasteiger partial charge in [-0.15, -0.1) is 0 Å². The summed E-state index contributed by atoms with van der Waals surface area (Å²) in [4.78, 5) is 54.6. The third-order valence-electron chi connectivity index (χ3n) is 6.01. The quantitative estimate of drug-likeness (QED) is 0.612. The van der Waals surface area contributed by atoms with Crippen molar-refractivity contribution in [2.45, 2.75) is 31.8 Å². The molecule has 0 radical (unpaired) electrons. The van der Waals surface area contributed by atoms with Crippen LogP contribution >= 0.6 is 0 Å². The molecule has 32 heavy (non-hydrogen) atoms. The fourth-order valence-electron chi connectivity index (χ4n) is 4.47. The Morgan fingerprint density at radius 1 is 1.12 bits per heavy atom. The van der Waals surface area contributed by atoms with Gasteiger partial charge in [0.2, 0.25) is 17.7 Å². The molecule has 0 bridgehead atoms. The summed E-state index contributed by atoms with van der Waals surface area (Å²) in [5, 5.41) is 3.02. The van der Waals surface area contributed by atoms with Crippen molar-refractivity contribution in [3.05, 3.63) is 76.5 Å². The summed E-state index contributed by atoms with van der Waals surface area (Å²) >= 11 is 0. The number of hydrogen-bond donors (Lipinski definition) is 2. The van der Waals surface area contributed by atoms with E-state index in [-0.39, 0.29) is 18.2 Å². The lowest BCUT2D eigenvalue weighted by Crippen LogP contribution is -2.52. The number of aromatic nitrogens is 1. The number of amides is 4. The van der Waals surface area contributed by atoms with Gasteiger partial charge in [0.25, 0.3) is 5.91 Å². The van der Waals surface area contributed by atoms with E-state index in [9.17, 15) is 19.2 Å². The molecule has 0 saturated carbocycles. The van der Waals surface area contributed by atoms with Crippen molar-refractivity contribution in [2.24, 2.45) is 5.73 Å². The average molecular weight is 428 g/mol. The summed E-state index contributed by atoms with van der Waals surface area (Å²) in [5.74, 6) is -1.46.